The number of aromatic nitrogens is 3. The summed E-state index contributed by atoms with van der Waals surface area (Å²) in [6.45, 7) is 6.14. The highest BCUT2D eigenvalue weighted by atomic mass is 16.5. The van der Waals surface area contributed by atoms with Crippen LogP contribution in [0.1, 0.15) is 47.1 Å². The molecule has 164 valence electrons. The number of nitrogens with zero attached hydrogens (tertiary/aromatic N) is 3. The van der Waals surface area contributed by atoms with Gasteiger partial charge in [-0.1, -0.05) is 31.1 Å². The Kier molecular flexibility index (Phi) is 6.02. The van der Waals surface area contributed by atoms with Gasteiger partial charge in [-0.15, -0.1) is 0 Å². The molecular formula is C24H24N4O4. The van der Waals surface area contributed by atoms with Crippen molar-refractivity contribution >= 4 is 17.0 Å². The molecule has 8 heteroatoms. The summed E-state index contributed by atoms with van der Waals surface area (Å²) in [7, 11) is 1.60. The number of benzene rings is 1. The van der Waals surface area contributed by atoms with E-state index in [2.05, 4.69) is 20.4 Å². The van der Waals surface area contributed by atoms with Crippen LogP contribution in [0.3, 0.4) is 0 Å². The third kappa shape index (κ3) is 4.54. The van der Waals surface area contributed by atoms with Crippen LogP contribution < -0.4 is 14.8 Å². The molecule has 0 fully saturated rings. The fourth-order valence-corrected chi connectivity index (χ4v) is 3.23. The standard InChI is InChI=1S/C24H24N4O4/c1-14(2)20-11-19(22-15(3)28-32-24(22)27-20)23(29)26-13-16-8-9-21(25-12-16)31-18-7-5-6-17(10-18)30-4/h5-12,14H,13H2,1-4H3,(H,26,29). The normalized spacial score (nSPS) is 11.0. The third-order valence-electron chi connectivity index (χ3n) is 4.99. The van der Waals surface area contributed by atoms with Gasteiger partial charge >= 0.3 is 0 Å². The number of carbonyl (C=O) groups is 1. The molecule has 0 atom stereocenters. The molecule has 0 aliphatic rings. The largest absolute Gasteiger partial charge is 0.497 e. The highest BCUT2D eigenvalue weighted by Crippen LogP contribution is 2.26. The van der Waals surface area contributed by atoms with Crippen LogP contribution in [-0.4, -0.2) is 28.1 Å². The minimum atomic E-state index is -0.220. The van der Waals surface area contributed by atoms with Gasteiger partial charge in [0, 0.05) is 30.6 Å². The van der Waals surface area contributed by atoms with Gasteiger partial charge < -0.3 is 19.3 Å². The van der Waals surface area contributed by atoms with E-state index in [0.717, 1.165) is 11.3 Å². The van der Waals surface area contributed by atoms with Crippen LogP contribution in [-0.2, 0) is 6.54 Å². The average Bonchev–Trinajstić information content (AvgIpc) is 3.18. The van der Waals surface area contributed by atoms with E-state index >= 15 is 0 Å². The summed E-state index contributed by atoms with van der Waals surface area (Å²) < 4.78 is 16.3. The molecular weight excluding hydrogens is 408 g/mol. The van der Waals surface area contributed by atoms with Gasteiger partial charge in [-0.3, -0.25) is 4.79 Å². The molecule has 8 nitrogen and oxygen atoms in total. The zero-order valence-electron chi connectivity index (χ0n) is 18.4. The SMILES string of the molecule is COc1cccc(Oc2ccc(CNC(=O)c3cc(C(C)C)nc4onc(C)c34)cn2)c1. The number of hydrogen-bond donors (Lipinski definition) is 1. The quantitative estimate of drug-likeness (QED) is 0.449. The molecule has 0 spiro atoms. The van der Waals surface area contributed by atoms with Crippen molar-refractivity contribution in [1.29, 1.82) is 0 Å². The summed E-state index contributed by atoms with van der Waals surface area (Å²) in [5.41, 5.74) is 3.13. The van der Waals surface area contributed by atoms with Crippen molar-refractivity contribution in [2.45, 2.75) is 33.2 Å². The number of pyridine rings is 2. The van der Waals surface area contributed by atoms with Crippen molar-refractivity contribution in [2.24, 2.45) is 0 Å². The van der Waals surface area contributed by atoms with Gasteiger partial charge in [0.15, 0.2) is 0 Å². The van der Waals surface area contributed by atoms with Crippen LogP contribution >= 0.6 is 0 Å². The lowest BCUT2D eigenvalue weighted by Crippen LogP contribution is -2.23. The van der Waals surface area contributed by atoms with E-state index in [1.165, 1.54) is 0 Å². The first-order valence-corrected chi connectivity index (χ1v) is 10.3. The molecule has 0 saturated carbocycles. The number of methoxy groups -OCH3 is 1. The highest BCUT2D eigenvalue weighted by molar-refractivity contribution is 6.06. The summed E-state index contributed by atoms with van der Waals surface area (Å²) in [6.07, 6.45) is 1.67. The minimum absolute atomic E-state index is 0.151. The summed E-state index contributed by atoms with van der Waals surface area (Å²) in [4.78, 5) is 21.8. The molecule has 1 amide bonds. The zero-order valence-corrected chi connectivity index (χ0v) is 18.4. The topological polar surface area (TPSA) is 99.4 Å². The van der Waals surface area contributed by atoms with Gasteiger partial charge in [-0.25, -0.2) is 9.97 Å². The van der Waals surface area contributed by atoms with Crippen molar-refractivity contribution in [3.05, 3.63) is 71.2 Å². The Morgan fingerprint density at radius 2 is 1.97 bits per heavy atom. The monoisotopic (exact) mass is 432 g/mol. The van der Waals surface area contributed by atoms with E-state index in [1.807, 2.05) is 38.1 Å². The number of nitrogens with one attached hydrogen (secondary N) is 1. The Morgan fingerprint density at radius 3 is 2.69 bits per heavy atom. The van der Waals surface area contributed by atoms with Crippen molar-refractivity contribution in [2.75, 3.05) is 7.11 Å². The van der Waals surface area contributed by atoms with Crippen molar-refractivity contribution < 1.29 is 18.8 Å². The smallest absolute Gasteiger partial charge is 0.259 e. The van der Waals surface area contributed by atoms with Gasteiger partial charge in [-0.2, -0.15) is 0 Å². The number of fused-ring (bicyclic) bond motifs is 1. The fourth-order valence-electron chi connectivity index (χ4n) is 3.23. The molecule has 3 heterocycles. The highest BCUT2D eigenvalue weighted by Gasteiger charge is 2.19. The number of rotatable bonds is 7. The second kappa shape index (κ2) is 9.05. The van der Waals surface area contributed by atoms with Crippen LogP contribution in [0.2, 0.25) is 0 Å². The van der Waals surface area contributed by atoms with Crippen molar-refractivity contribution in [1.82, 2.24) is 20.4 Å². The van der Waals surface area contributed by atoms with Crippen molar-refractivity contribution in [3.8, 4) is 17.4 Å². The minimum Gasteiger partial charge on any atom is -0.497 e. The molecule has 0 unspecified atom stereocenters. The van der Waals surface area contributed by atoms with E-state index in [4.69, 9.17) is 14.0 Å². The predicted octanol–water partition coefficient (Wildman–Crippen LogP) is 4.78. The Morgan fingerprint density at radius 1 is 1.16 bits per heavy atom. The van der Waals surface area contributed by atoms with Crippen LogP contribution in [0.25, 0.3) is 11.1 Å². The molecule has 0 aliphatic carbocycles. The average molecular weight is 432 g/mol. The molecule has 0 saturated heterocycles. The van der Waals surface area contributed by atoms with Crippen LogP contribution in [0, 0.1) is 6.92 Å². The maximum Gasteiger partial charge on any atom is 0.259 e. The lowest BCUT2D eigenvalue weighted by atomic mass is 10.0. The van der Waals surface area contributed by atoms with Gasteiger partial charge in [-0.05, 0) is 36.6 Å². The van der Waals surface area contributed by atoms with E-state index in [1.54, 1.807) is 38.4 Å². The predicted molar refractivity (Wildman–Crippen MR) is 119 cm³/mol. The lowest BCUT2D eigenvalue weighted by Gasteiger charge is -2.10. The molecule has 0 radical (unpaired) electrons. The second-order valence-corrected chi connectivity index (χ2v) is 7.67. The first-order chi connectivity index (χ1) is 15.4. The molecule has 0 aliphatic heterocycles. The van der Waals surface area contributed by atoms with Gasteiger partial charge in [0.05, 0.1) is 23.8 Å². The molecule has 4 rings (SSSR count). The van der Waals surface area contributed by atoms with E-state index in [0.29, 0.717) is 46.3 Å². The molecule has 1 N–H and O–H groups in total. The van der Waals surface area contributed by atoms with E-state index in [-0.39, 0.29) is 11.8 Å². The third-order valence-corrected chi connectivity index (χ3v) is 4.99. The fraction of sp³-hybridized carbons (Fsp3) is 0.250. The van der Waals surface area contributed by atoms with E-state index < -0.39 is 0 Å². The Hall–Kier alpha value is -3.94. The summed E-state index contributed by atoms with van der Waals surface area (Å²) in [5, 5.41) is 7.54. The zero-order chi connectivity index (χ0) is 22.7. The van der Waals surface area contributed by atoms with Crippen LogP contribution in [0.15, 0.2) is 53.2 Å². The molecule has 0 bridgehead atoms. The van der Waals surface area contributed by atoms with Gasteiger partial charge in [0.2, 0.25) is 5.88 Å². The summed E-state index contributed by atoms with van der Waals surface area (Å²) >= 11 is 0. The van der Waals surface area contributed by atoms with Crippen molar-refractivity contribution in [3.63, 3.8) is 0 Å². The number of amides is 1. The number of aryl methyl sites for hydroxylation is 1. The first kappa shape index (κ1) is 21.3. The second-order valence-electron chi connectivity index (χ2n) is 7.67. The first-order valence-electron chi connectivity index (χ1n) is 10.3. The Bertz CT molecular complexity index is 1250. The van der Waals surface area contributed by atoms with Crippen LogP contribution in [0.4, 0.5) is 0 Å². The Balaban J connectivity index is 1.46. The maximum atomic E-state index is 13.0. The van der Waals surface area contributed by atoms with Gasteiger partial charge in [0.1, 0.15) is 11.5 Å². The number of carbonyl (C=O) groups excluding carboxylic acids is 1. The lowest BCUT2D eigenvalue weighted by molar-refractivity contribution is 0.0952. The molecule has 1 aromatic carbocycles. The Labute approximate surface area is 185 Å². The molecule has 32 heavy (non-hydrogen) atoms. The molecule has 4 aromatic rings. The summed E-state index contributed by atoms with van der Waals surface area (Å²) in [5.74, 6) is 1.71. The van der Waals surface area contributed by atoms with Gasteiger partial charge in [0.25, 0.3) is 11.6 Å². The summed E-state index contributed by atoms with van der Waals surface area (Å²) in [6, 6.07) is 12.7. The molecule has 3 aromatic heterocycles. The number of ether oxygens (including phenoxy) is 2. The van der Waals surface area contributed by atoms with Crippen LogP contribution in [0.5, 0.6) is 17.4 Å². The maximum absolute atomic E-state index is 13.0. The van der Waals surface area contributed by atoms with E-state index in [9.17, 15) is 4.79 Å². The number of hydrogen-bond acceptors (Lipinski definition) is 7.